The van der Waals surface area contributed by atoms with Gasteiger partial charge in [-0.1, -0.05) is 6.92 Å². The summed E-state index contributed by atoms with van der Waals surface area (Å²) < 4.78 is 31.7. The average Bonchev–Trinajstić information content (AvgIpc) is 3.27. The van der Waals surface area contributed by atoms with Crippen molar-refractivity contribution in [2.45, 2.75) is 39.8 Å². The minimum atomic E-state index is -0.995. The number of anilines is 3. The van der Waals surface area contributed by atoms with Crippen molar-refractivity contribution < 1.29 is 18.7 Å². The number of carbonyl (C=O) groups is 1. The number of pyridine rings is 1. The monoisotopic (exact) mass is 565 g/mol. The number of imidazole rings is 1. The fourth-order valence-electron chi connectivity index (χ4n) is 5.25. The van der Waals surface area contributed by atoms with Crippen molar-refractivity contribution in [3.63, 3.8) is 0 Å². The highest BCUT2D eigenvalue weighted by Crippen LogP contribution is 2.31. The Labute approximate surface area is 236 Å². The molecule has 0 radical (unpaired) electrons. The molecule has 13 heteroatoms. The molecule has 41 heavy (non-hydrogen) atoms. The first-order valence-electron chi connectivity index (χ1n) is 13.5. The quantitative estimate of drug-likeness (QED) is 0.273. The van der Waals surface area contributed by atoms with Crippen LogP contribution in [-0.4, -0.2) is 78.1 Å². The number of nitrogen functional groups attached to an aromatic ring is 1. The molecule has 1 saturated heterocycles. The third-order valence-corrected chi connectivity index (χ3v) is 7.42. The van der Waals surface area contributed by atoms with Crippen LogP contribution in [0.3, 0.4) is 0 Å². The van der Waals surface area contributed by atoms with Gasteiger partial charge in [-0.2, -0.15) is 0 Å². The van der Waals surface area contributed by atoms with E-state index >= 15 is 4.39 Å². The molecule has 1 unspecified atom stereocenters. The Bertz CT molecular complexity index is 1580. The third-order valence-electron chi connectivity index (χ3n) is 7.42. The van der Waals surface area contributed by atoms with Crippen LogP contribution < -0.4 is 11.1 Å². The van der Waals surface area contributed by atoms with Crippen molar-refractivity contribution in [2.24, 2.45) is 0 Å². The summed E-state index contributed by atoms with van der Waals surface area (Å²) in [5.74, 6) is -1.52. The number of nitrogens with two attached hydrogens (primary N) is 1. The second-order valence-corrected chi connectivity index (χ2v) is 10.3. The van der Waals surface area contributed by atoms with Crippen molar-refractivity contribution >= 4 is 34.5 Å². The summed E-state index contributed by atoms with van der Waals surface area (Å²) in [6.45, 7) is 11.2. The number of halogens is 2. The number of fused-ring (bicyclic) bond motifs is 1. The van der Waals surface area contributed by atoms with Crippen LogP contribution >= 0.6 is 0 Å². The van der Waals surface area contributed by atoms with Crippen LogP contribution in [0.25, 0.3) is 22.3 Å². The van der Waals surface area contributed by atoms with E-state index in [1.54, 1.807) is 36.7 Å². The molecule has 0 amide bonds. The average molecular weight is 566 g/mol. The van der Waals surface area contributed by atoms with Gasteiger partial charge in [0.1, 0.15) is 22.9 Å². The Morgan fingerprint density at radius 3 is 2.49 bits per heavy atom. The SMILES string of the molecule is CCN1CCN(Cc2cnc(Nc3ncc(F)c(-c4cc(F)c5nc(C)n(C(C)CC(=O)O)c5c4)n3)cc2N)CC1. The molecule has 5 rings (SSSR count). The number of aliphatic carboxylic acids is 1. The Morgan fingerprint density at radius 1 is 1.07 bits per heavy atom. The zero-order valence-electron chi connectivity index (χ0n) is 23.2. The van der Waals surface area contributed by atoms with Gasteiger partial charge in [0.15, 0.2) is 11.6 Å². The molecule has 4 heterocycles. The fourth-order valence-corrected chi connectivity index (χ4v) is 5.25. The molecule has 0 saturated carbocycles. The first-order chi connectivity index (χ1) is 19.6. The molecule has 3 aromatic heterocycles. The summed E-state index contributed by atoms with van der Waals surface area (Å²) in [4.78, 5) is 33.1. The molecule has 11 nitrogen and oxygen atoms in total. The normalized spacial score (nSPS) is 15.3. The lowest BCUT2D eigenvalue weighted by Gasteiger charge is -2.34. The maximum Gasteiger partial charge on any atom is 0.305 e. The number of carboxylic acid groups (broad SMARTS) is 1. The smallest absolute Gasteiger partial charge is 0.305 e. The lowest BCUT2D eigenvalue weighted by atomic mass is 10.1. The summed E-state index contributed by atoms with van der Waals surface area (Å²) in [6.07, 6.45) is 2.52. The number of piperazine rings is 1. The van der Waals surface area contributed by atoms with Crippen LogP contribution in [0.15, 0.2) is 30.6 Å². The Hall–Kier alpha value is -4.23. The van der Waals surface area contributed by atoms with Gasteiger partial charge < -0.3 is 25.6 Å². The fraction of sp³-hybridized carbons (Fsp3) is 0.393. The van der Waals surface area contributed by atoms with E-state index in [4.69, 9.17) is 5.73 Å². The van der Waals surface area contributed by atoms with Gasteiger partial charge in [-0.25, -0.2) is 28.7 Å². The zero-order valence-corrected chi connectivity index (χ0v) is 23.2. The largest absolute Gasteiger partial charge is 0.481 e. The van der Waals surface area contributed by atoms with Crippen molar-refractivity contribution in [3.05, 3.63) is 53.6 Å². The number of nitrogens with one attached hydrogen (secondary N) is 1. The van der Waals surface area contributed by atoms with Crippen molar-refractivity contribution in [1.29, 1.82) is 0 Å². The number of rotatable bonds is 9. The molecule has 216 valence electrons. The molecule has 0 bridgehead atoms. The maximum atomic E-state index is 15.1. The molecule has 0 aliphatic carbocycles. The predicted octanol–water partition coefficient (Wildman–Crippen LogP) is 3.97. The molecule has 4 N–H and O–H groups in total. The second kappa shape index (κ2) is 11.7. The number of aromatic nitrogens is 5. The first kappa shape index (κ1) is 28.3. The molecular formula is C28H33F2N9O2. The van der Waals surface area contributed by atoms with Gasteiger partial charge in [-0.15, -0.1) is 0 Å². The van der Waals surface area contributed by atoms with Gasteiger partial charge in [0.25, 0.3) is 0 Å². The van der Waals surface area contributed by atoms with Crippen LogP contribution in [-0.2, 0) is 11.3 Å². The topological polar surface area (TPSA) is 138 Å². The summed E-state index contributed by atoms with van der Waals surface area (Å²) in [7, 11) is 0. The van der Waals surface area contributed by atoms with E-state index in [9.17, 15) is 14.3 Å². The van der Waals surface area contributed by atoms with Crippen molar-refractivity contribution in [2.75, 3.05) is 43.8 Å². The number of nitrogens with zero attached hydrogens (tertiary/aromatic N) is 7. The van der Waals surface area contributed by atoms with Gasteiger partial charge in [0.05, 0.1) is 18.1 Å². The number of likely N-dealkylation sites (N-methyl/N-ethyl adjacent to an activating group) is 1. The maximum absolute atomic E-state index is 15.1. The van der Waals surface area contributed by atoms with Gasteiger partial charge in [0.2, 0.25) is 5.95 Å². The molecule has 1 aromatic carbocycles. The molecule has 1 aliphatic rings. The minimum absolute atomic E-state index is 0.0566. The van der Waals surface area contributed by atoms with E-state index < -0.39 is 23.6 Å². The highest BCUT2D eigenvalue weighted by Gasteiger charge is 2.21. The van der Waals surface area contributed by atoms with Crippen LogP contribution in [0, 0.1) is 18.6 Å². The van der Waals surface area contributed by atoms with Gasteiger partial charge in [0, 0.05) is 67.8 Å². The number of hydrogen-bond donors (Lipinski definition) is 3. The molecule has 1 fully saturated rings. The first-order valence-corrected chi connectivity index (χ1v) is 13.5. The summed E-state index contributed by atoms with van der Waals surface area (Å²) >= 11 is 0. The Balaban J connectivity index is 1.39. The lowest BCUT2D eigenvalue weighted by molar-refractivity contribution is -0.137. The lowest BCUT2D eigenvalue weighted by Crippen LogP contribution is -2.45. The van der Waals surface area contributed by atoms with Crippen LogP contribution in [0.5, 0.6) is 0 Å². The Kier molecular flexibility index (Phi) is 8.08. The van der Waals surface area contributed by atoms with Crippen molar-refractivity contribution in [1.82, 2.24) is 34.3 Å². The zero-order chi connectivity index (χ0) is 29.3. The van der Waals surface area contributed by atoms with E-state index in [-0.39, 0.29) is 29.1 Å². The summed E-state index contributed by atoms with van der Waals surface area (Å²) in [6, 6.07) is 3.89. The molecule has 0 spiro atoms. The minimum Gasteiger partial charge on any atom is -0.481 e. The molecular weight excluding hydrogens is 532 g/mol. The van der Waals surface area contributed by atoms with E-state index in [1.165, 1.54) is 0 Å². The number of hydrogen-bond acceptors (Lipinski definition) is 9. The predicted molar refractivity (Wildman–Crippen MR) is 152 cm³/mol. The summed E-state index contributed by atoms with van der Waals surface area (Å²) in [5.41, 5.74) is 8.25. The van der Waals surface area contributed by atoms with Gasteiger partial charge in [-0.3, -0.25) is 9.69 Å². The second-order valence-electron chi connectivity index (χ2n) is 10.3. The standard InChI is InChI=1S/C28H33F2N9O2/c1-4-37-5-7-38(8-6-37)15-19-13-32-24(12-22(19)31)35-28-33-14-21(30)26(36-28)18-10-20(29)27-23(11-18)39(17(3)34-27)16(2)9-25(40)41/h10-14,16H,4-9,15H2,1-3H3,(H,40,41)(H3,31,32,33,35,36). The third kappa shape index (κ3) is 6.10. The van der Waals surface area contributed by atoms with Crippen LogP contribution in [0.4, 0.5) is 26.2 Å². The van der Waals surface area contributed by atoms with Gasteiger partial charge >= 0.3 is 5.97 Å². The molecule has 1 aliphatic heterocycles. The van der Waals surface area contributed by atoms with E-state index in [2.05, 4.69) is 42.0 Å². The molecule has 4 aromatic rings. The van der Waals surface area contributed by atoms with E-state index in [1.807, 2.05) is 0 Å². The Morgan fingerprint density at radius 2 is 1.80 bits per heavy atom. The molecule has 1 atom stereocenters. The van der Waals surface area contributed by atoms with Crippen LogP contribution in [0.2, 0.25) is 0 Å². The van der Waals surface area contributed by atoms with E-state index in [0.29, 0.717) is 29.4 Å². The number of benzene rings is 1. The summed E-state index contributed by atoms with van der Waals surface area (Å²) in [5, 5.41) is 12.2. The number of aryl methyl sites for hydroxylation is 1. The number of carboxylic acids is 1. The van der Waals surface area contributed by atoms with Crippen molar-refractivity contribution in [3.8, 4) is 11.3 Å². The highest BCUT2D eigenvalue weighted by atomic mass is 19.1. The van der Waals surface area contributed by atoms with Gasteiger partial charge in [-0.05, 0) is 32.5 Å². The van der Waals surface area contributed by atoms with Crippen LogP contribution in [0.1, 0.15) is 37.7 Å². The van der Waals surface area contributed by atoms with E-state index in [0.717, 1.165) is 50.6 Å². The highest BCUT2D eigenvalue weighted by molar-refractivity contribution is 5.83.